The fraction of sp³-hybridized carbons (Fsp3) is 0.250. The molecule has 7 heteroatoms. The number of benzene rings is 1. The van der Waals surface area contributed by atoms with Gasteiger partial charge in [0.05, 0.1) is 26.0 Å². The van der Waals surface area contributed by atoms with Crippen LogP contribution in [0.2, 0.25) is 0 Å². The number of carbonyl (C=O) groups is 1. The molecule has 3 aromatic rings. The Kier molecular flexibility index (Phi) is 6.59. The van der Waals surface area contributed by atoms with Crippen molar-refractivity contribution in [3.63, 3.8) is 0 Å². The highest BCUT2D eigenvalue weighted by atomic mass is 79.9. The molecule has 1 aromatic carbocycles. The standard InChI is InChI=1S/C20H19BrN2O4/c1-25-20(24)19-17(9-8-15(13-21)23-19)27-12-4-11-26-16-7-2-5-14-6-3-10-22-18(14)16/h2-3,5-10H,4,11-13H2,1H3. The first-order valence-electron chi connectivity index (χ1n) is 8.46. The number of hydrogen-bond acceptors (Lipinski definition) is 6. The molecule has 140 valence electrons. The van der Waals surface area contributed by atoms with E-state index in [-0.39, 0.29) is 5.69 Å². The summed E-state index contributed by atoms with van der Waals surface area (Å²) in [6.45, 7) is 0.855. The fourth-order valence-electron chi connectivity index (χ4n) is 2.54. The smallest absolute Gasteiger partial charge is 0.360 e. The number of nitrogens with zero attached hydrogens (tertiary/aromatic N) is 2. The number of methoxy groups -OCH3 is 1. The van der Waals surface area contributed by atoms with Crippen molar-refractivity contribution in [2.45, 2.75) is 11.8 Å². The predicted molar refractivity (Wildman–Crippen MR) is 106 cm³/mol. The molecule has 0 bridgehead atoms. The van der Waals surface area contributed by atoms with Crippen LogP contribution in [0, 0.1) is 0 Å². The molecule has 0 unspecified atom stereocenters. The van der Waals surface area contributed by atoms with Crippen molar-refractivity contribution in [1.82, 2.24) is 9.97 Å². The van der Waals surface area contributed by atoms with Gasteiger partial charge in [-0.2, -0.15) is 0 Å². The van der Waals surface area contributed by atoms with Gasteiger partial charge in [-0.1, -0.05) is 34.1 Å². The van der Waals surface area contributed by atoms with Crippen LogP contribution >= 0.6 is 15.9 Å². The lowest BCUT2D eigenvalue weighted by Crippen LogP contribution is -2.11. The number of alkyl halides is 1. The molecular weight excluding hydrogens is 412 g/mol. The van der Waals surface area contributed by atoms with E-state index in [1.54, 1.807) is 18.3 Å². The van der Waals surface area contributed by atoms with E-state index in [2.05, 4.69) is 25.9 Å². The summed E-state index contributed by atoms with van der Waals surface area (Å²) < 4.78 is 16.3. The van der Waals surface area contributed by atoms with Crippen molar-refractivity contribution >= 4 is 32.8 Å². The molecule has 0 fully saturated rings. The number of fused-ring (bicyclic) bond motifs is 1. The molecule has 2 heterocycles. The van der Waals surface area contributed by atoms with Gasteiger partial charge in [-0.05, 0) is 24.3 Å². The molecule has 0 aliphatic rings. The molecule has 2 aromatic heterocycles. The molecule has 0 aliphatic heterocycles. The third kappa shape index (κ3) is 4.74. The summed E-state index contributed by atoms with van der Waals surface area (Å²) in [5, 5.41) is 1.58. The van der Waals surface area contributed by atoms with Crippen LogP contribution in [-0.2, 0) is 10.1 Å². The lowest BCUT2D eigenvalue weighted by molar-refractivity contribution is 0.0588. The topological polar surface area (TPSA) is 70.5 Å². The van der Waals surface area contributed by atoms with Crippen molar-refractivity contribution in [1.29, 1.82) is 0 Å². The van der Waals surface area contributed by atoms with Crippen LogP contribution in [0.4, 0.5) is 0 Å². The van der Waals surface area contributed by atoms with Gasteiger partial charge in [0.1, 0.15) is 11.3 Å². The zero-order valence-electron chi connectivity index (χ0n) is 14.9. The van der Waals surface area contributed by atoms with Gasteiger partial charge in [-0.3, -0.25) is 4.98 Å². The Balaban J connectivity index is 1.57. The van der Waals surface area contributed by atoms with Crippen LogP contribution < -0.4 is 9.47 Å². The van der Waals surface area contributed by atoms with E-state index in [9.17, 15) is 4.79 Å². The van der Waals surface area contributed by atoms with Gasteiger partial charge < -0.3 is 14.2 Å². The SMILES string of the molecule is COC(=O)c1nc(CBr)ccc1OCCCOc1cccc2cccnc12. The minimum absolute atomic E-state index is 0.175. The monoisotopic (exact) mass is 430 g/mol. The molecule has 0 saturated carbocycles. The van der Waals surface area contributed by atoms with E-state index in [0.29, 0.717) is 30.7 Å². The number of aromatic nitrogens is 2. The maximum atomic E-state index is 11.9. The summed E-state index contributed by atoms with van der Waals surface area (Å²) >= 11 is 3.32. The van der Waals surface area contributed by atoms with Gasteiger partial charge in [0.25, 0.3) is 0 Å². The first-order valence-corrected chi connectivity index (χ1v) is 9.58. The van der Waals surface area contributed by atoms with Crippen molar-refractivity contribution in [2.75, 3.05) is 20.3 Å². The Morgan fingerprint density at radius 2 is 1.81 bits per heavy atom. The second-order valence-electron chi connectivity index (χ2n) is 5.66. The maximum Gasteiger partial charge on any atom is 0.360 e. The van der Waals surface area contributed by atoms with Crippen molar-refractivity contribution in [2.24, 2.45) is 0 Å². The van der Waals surface area contributed by atoms with Gasteiger partial charge in [-0.15, -0.1) is 0 Å². The van der Waals surface area contributed by atoms with Gasteiger partial charge in [0.15, 0.2) is 11.4 Å². The fourth-order valence-corrected chi connectivity index (χ4v) is 2.85. The van der Waals surface area contributed by atoms with Gasteiger partial charge in [-0.25, -0.2) is 9.78 Å². The van der Waals surface area contributed by atoms with E-state index >= 15 is 0 Å². The Bertz CT molecular complexity index is 928. The maximum absolute atomic E-state index is 11.9. The number of para-hydroxylation sites is 1. The molecule has 27 heavy (non-hydrogen) atoms. The summed E-state index contributed by atoms with van der Waals surface area (Å²) in [5.41, 5.74) is 1.74. The first kappa shape index (κ1) is 19.1. The minimum Gasteiger partial charge on any atom is -0.491 e. The normalized spacial score (nSPS) is 10.6. The Morgan fingerprint density at radius 1 is 1.04 bits per heavy atom. The Labute approximate surface area is 165 Å². The van der Waals surface area contributed by atoms with Crippen molar-refractivity contribution < 1.29 is 19.0 Å². The van der Waals surface area contributed by atoms with E-state index in [1.807, 2.05) is 30.3 Å². The number of esters is 1. The largest absolute Gasteiger partial charge is 0.491 e. The summed E-state index contributed by atoms with van der Waals surface area (Å²) in [4.78, 5) is 20.5. The molecule has 0 atom stereocenters. The average Bonchev–Trinajstić information content (AvgIpc) is 2.73. The molecular formula is C20H19BrN2O4. The third-order valence-electron chi connectivity index (χ3n) is 3.83. The predicted octanol–water partition coefficient (Wildman–Crippen LogP) is 4.16. The highest BCUT2D eigenvalue weighted by molar-refractivity contribution is 9.08. The van der Waals surface area contributed by atoms with Crippen LogP contribution in [0.3, 0.4) is 0 Å². The second-order valence-corrected chi connectivity index (χ2v) is 6.22. The molecule has 6 nitrogen and oxygen atoms in total. The zero-order valence-corrected chi connectivity index (χ0v) is 16.4. The van der Waals surface area contributed by atoms with E-state index < -0.39 is 5.97 Å². The molecule has 3 rings (SSSR count). The Hall–Kier alpha value is -2.67. The van der Waals surface area contributed by atoms with Crippen molar-refractivity contribution in [3.8, 4) is 11.5 Å². The number of pyridine rings is 2. The van der Waals surface area contributed by atoms with Crippen LogP contribution in [0.25, 0.3) is 10.9 Å². The third-order valence-corrected chi connectivity index (χ3v) is 4.41. The number of rotatable bonds is 8. The van der Waals surface area contributed by atoms with E-state index in [0.717, 1.165) is 22.3 Å². The van der Waals surface area contributed by atoms with Crippen LogP contribution in [-0.4, -0.2) is 36.3 Å². The number of halogens is 1. The summed E-state index contributed by atoms with van der Waals surface area (Å²) in [7, 11) is 1.32. The molecule has 0 radical (unpaired) electrons. The molecule has 0 amide bonds. The zero-order chi connectivity index (χ0) is 19.1. The van der Waals surface area contributed by atoms with Crippen LogP contribution in [0.5, 0.6) is 11.5 Å². The number of ether oxygens (including phenoxy) is 3. The lowest BCUT2D eigenvalue weighted by Gasteiger charge is -2.11. The summed E-state index contributed by atoms with van der Waals surface area (Å²) in [6, 6.07) is 13.3. The summed E-state index contributed by atoms with van der Waals surface area (Å²) in [5.74, 6) is 0.621. The van der Waals surface area contributed by atoms with E-state index in [1.165, 1.54) is 7.11 Å². The van der Waals surface area contributed by atoms with Gasteiger partial charge >= 0.3 is 5.97 Å². The van der Waals surface area contributed by atoms with Gasteiger partial charge in [0, 0.05) is 23.3 Å². The highest BCUT2D eigenvalue weighted by Crippen LogP contribution is 2.23. The molecule has 0 N–H and O–H groups in total. The highest BCUT2D eigenvalue weighted by Gasteiger charge is 2.16. The first-order chi connectivity index (χ1) is 13.2. The second kappa shape index (κ2) is 9.32. The lowest BCUT2D eigenvalue weighted by atomic mass is 10.2. The quantitative estimate of drug-likeness (QED) is 0.303. The molecule has 0 saturated heterocycles. The minimum atomic E-state index is -0.522. The average molecular weight is 431 g/mol. The molecule has 0 spiro atoms. The number of hydrogen-bond donors (Lipinski definition) is 0. The number of carbonyl (C=O) groups excluding carboxylic acids is 1. The van der Waals surface area contributed by atoms with Crippen LogP contribution in [0.1, 0.15) is 22.6 Å². The van der Waals surface area contributed by atoms with Crippen molar-refractivity contribution in [3.05, 3.63) is 60.0 Å². The van der Waals surface area contributed by atoms with Crippen LogP contribution in [0.15, 0.2) is 48.7 Å². The van der Waals surface area contributed by atoms with E-state index in [4.69, 9.17) is 14.2 Å². The molecule has 0 aliphatic carbocycles. The van der Waals surface area contributed by atoms with Gasteiger partial charge in [0.2, 0.25) is 0 Å². The Morgan fingerprint density at radius 3 is 2.59 bits per heavy atom. The summed E-state index contributed by atoms with van der Waals surface area (Å²) in [6.07, 6.45) is 2.39.